The number of hydrogen-bond acceptors (Lipinski definition) is 5. The SMILES string of the molecule is COc1ccc(F)cc1C(=O)NCc1ccc(-c2cc(-c3cn[nH]c3)ncn2)cc1. The van der Waals surface area contributed by atoms with E-state index in [4.69, 9.17) is 4.74 Å². The van der Waals surface area contributed by atoms with Gasteiger partial charge in [0.1, 0.15) is 17.9 Å². The summed E-state index contributed by atoms with van der Waals surface area (Å²) in [7, 11) is 1.44. The van der Waals surface area contributed by atoms with Crippen LogP contribution in [-0.2, 0) is 6.54 Å². The summed E-state index contributed by atoms with van der Waals surface area (Å²) in [4.78, 5) is 21.0. The lowest BCUT2D eigenvalue weighted by Crippen LogP contribution is -2.23. The number of nitrogens with one attached hydrogen (secondary N) is 2. The van der Waals surface area contributed by atoms with E-state index in [1.54, 1.807) is 12.4 Å². The first kappa shape index (κ1) is 19.3. The molecule has 0 aliphatic heterocycles. The van der Waals surface area contributed by atoms with Crippen molar-refractivity contribution in [3.8, 4) is 28.3 Å². The van der Waals surface area contributed by atoms with Crippen LogP contribution >= 0.6 is 0 Å². The minimum absolute atomic E-state index is 0.155. The van der Waals surface area contributed by atoms with Gasteiger partial charge in [-0.05, 0) is 29.8 Å². The summed E-state index contributed by atoms with van der Waals surface area (Å²) in [6.45, 7) is 0.294. The van der Waals surface area contributed by atoms with Gasteiger partial charge in [-0.2, -0.15) is 5.10 Å². The molecule has 4 aromatic rings. The van der Waals surface area contributed by atoms with Crippen molar-refractivity contribution < 1.29 is 13.9 Å². The number of carbonyl (C=O) groups is 1. The Bertz CT molecular complexity index is 1160. The molecular weight excluding hydrogens is 385 g/mol. The molecule has 0 spiro atoms. The lowest BCUT2D eigenvalue weighted by molar-refractivity contribution is 0.0947. The maximum Gasteiger partial charge on any atom is 0.255 e. The number of aromatic nitrogens is 4. The molecular formula is C22H18FN5O2. The van der Waals surface area contributed by atoms with E-state index in [1.165, 1.54) is 25.6 Å². The van der Waals surface area contributed by atoms with Crippen LogP contribution in [-0.4, -0.2) is 33.2 Å². The van der Waals surface area contributed by atoms with E-state index in [0.717, 1.165) is 34.1 Å². The van der Waals surface area contributed by atoms with Gasteiger partial charge >= 0.3 is 0 Å². The number of aromatic amines is 1. The third-order valence-corrected chi connectivity index (χ3v) is 4.57. The van der Waals surface area contributed by atoms with Gasteiger partial charge in [0.2, 0.25) is 0 Å². The Morgan fingerprint density at radius 3 is 2.53 bits per heavy atom. The van der Waals surface area contributed by atoms with Gasteiger partial charge in [0.25, 0.3) is 5.91 Å². The van der Waals surface area contributed by atoms with Crippen LogP contribution in [0.25, 0.3) is 22.5 Å². The highest BCUT2D eigenvalue weighted by molar-refractivity contribution is 5.96. The van der Waals surface area contributed by atoms with Crippen LogP contribution in [0.4, 0.5) is 4.39 Å². The number of rotatable bonds is 6. The number of benzene rings is 2. The summed E-state index contributed by atoms with van der Waals surface area (Å²) < 4.78 is 18.6. The Kier molecular flexibility index (Phi) is 5.47. The van der Waals surface area contributed by atoms with Gasteiger partial charge in [-0.3, -0.25) is 9.89 Å². The standard InChI is InChI=1S/C22H18FN5O2/c1-30-21-7-6-17(23)8-18(21)22(29)24-10-14-2-4-15(5-3-14)19-9-20(26-13-25-19)16-11-27-28-12-16/h2-9,11-13H,10H2,1H3,(H,24,29)(H,27,28). The van der Waals surface area contributed by atoms with E-state index in [0.29, 0.717) is 12.3 Å². The molecule has 0 aliphatic carbocycles. The molecule has 0 saturated heterocycles. The molecule has 2 aromatic carbocycles. The Labute approximate surface area is 172 Å². The highest BCUT2D eigenvalue weighted by Gasteiger charge is 2.13. The Morgan fingerprint density at radius 1 is 1.07 bits per heavy atom. The van der Waals surface area contributed by atoms with E-state index in [2.05, 4.69) is 25.5 Å². The van der Waals surface area contributed by atoms with Crippen LogP contribution in [0.2, 0.25) is 0 Å². The summed E-state index contributed by atoms with van der Waals surface area (Å²) >= 11 is 0. The highest BCUT2D eigenvalue weighted by atomic mass is 19.1. The fourth-order valence-corrected chi connectivity index (χ4v) is 2.99. The van der Waals surface area contributed by atoms with Crippen LogP contribution < -0.4 is 10.1 Å². The third-order valence-electron chi connectivity index (χ3n) is 4.57. The van der Waals surface area contributed by atoms with Crippen LogP contribution in [0, 0.1) is 5.82 Å². The van der Waals surface area contributed by atoms with Gasteiger partial charge in [-0.15, -0.1) is 0 Å². The molecule has 8 heteroatoms. The first-order chi connectivity index (χ1) is 14.6. The Balaban J connectivity index is 1.45. The lowest BCUT2D eigenvalue weighted by atomic mass is 10.1. The summed E-state index contributed by atoms with van der Waals surface area (Å²) in [5, 5.41) is 9.49. The second-order valence-corrected chi connectivity index (χ2v) is 6.50. The van der Waals surface area contributed by atoms with E-state index in [9.17, 15) is 9.18 Å². The number of methoxy groups -OCH3 is 1. The number of hydrogen-bond donors (Lipinski definition) is 2. The van der Waals surface area contributed by atoms with E-state index < -0.39 is 11.7 Å². The fourth-order valence-electron chi connectivity index (χ4n) is 2.99. The van der Waals surface area contributed by atoms with Gasteiger partial charge in [-0.1, -0.05) is 24.3 Å². The predicted octanol–water partition coefficient (Wildman–Crippen LogP) is 3.61. The van der Waals surface area contributed by atoms with E-state index >= 15 is 0 Å². The molecule has 2 N–H and O–H groups in total. The van der Waals surface area contributed by atoms with Crippen molar-refractivity contribution in [2.24, 2.45) is 0 Å². The monoisotopic (exact) mass is 403 g/mol. The summed E-state index contributed by atoms with van der Waals surface area (Å²) in [6.07, 6.45) is 4.98. The van der Waals surface area contributed by atoms with Gasteiger partial charge in [0, 0.05) is 23.9 Å². The number of nitrogens with zero attached hydrogens (tertiary/aromatic N) is 3. The number of amides is 1. The number of ether oxygens (including phenoxy) is 1. The number of H-pyrrole nitrogens is 1. The van der Waals surface area contributed by atoms with Crippen molar-refractivity contribution in [1.29, 1.82) is 0 Å². The smallest absolute Gasteiger partial charge is 0.255 e. The molecule has 0 unspecified atom stereocenters. The molecule has 30 heavy (non-hydrogen) atoms. The fraction of sp³-hybridized carbons (Fsp3) is 0.0909. The quantitative estimate of drug-likeness (QED) is 0.513. The van der Waals surface area contributed by atoms with Crippen molar-refractivity contribution in [3.05, 3.63) is 84.2 Å². The number of carbonyl (C=O) groups excluding carboxylic acids is 1. The van der Waals surface area contributed by atoms with E-state index in [1.807, 2.05) is 30.3 Å². The average molecular weight is 403 g/mol. The first-order valence-electron chi connectivity index (χ1n) is 9.16. The van der Waals surface area contributed by atoms with Crippen LogP contribution in [0.5, 0.6) is 5.75 Å². The molecule has 0 aliphatic rings. The van der Waals surface area contributed by atoms with Gasteiger partial charge in [0.05, 0.1) is 30.3 Å². The van der Waals surface area contributed by atoms with Crippen molar-refractivity contribution in [3.63, 3.8) is 0 Å². The van der Waals surface area contributed by atoms with Crippen LogP contribution in [0.3, 0.4) is 0 Å². The van der Waals surface area contributed by atoms with Crippen molar-refractivity contribution >= 4 is 5.91 Å². The van der Waals surface area contributed by atoms with Gasteiger partial charge in [0.15, 0.2) is 0 Å². The third kappa shape index (κ3) is 4.17. The number of halogens is 1. The Hall–Kier alpha value is -4.07. The van der Waals surface area contributed by atoms with Crippen molar-refractivity contribution in [1.82, 2.24) is 25.5 Å². The molecule has 0 bridgehead atoms. The molecule has 7 nitrogen and oxygen atoms in total. The summed E-state index contributed by atoms with van der Waals surface area (Å²) in [5.74, 6) is -0.581. The topological polar surface area (TPSA) is 92.8 Å². The zero-order valence-corrected chi connectivity index (χ0v) is 16.1. The normalized spacial score (nSPS) is 10.6. The molecule has 0 radical (unpaired) electrons. The van der Waals surface area contributed by atoms with Crippen LogP contribution in [0.15, 0.2) is 67.3 Å². The van der Waals surface area contributed by atoms with Gasteiger partial charge < -0.3 is 10.1 Å². The highest BCUT2D eigenvalue weighted by Crippen LogP contribution is 2.23. The molecule has 0 atom stereocenters. The molecule has 2 heterocycles. The zero-order valence-electron chi connectivity index (χ0n) is 16.1. The predicted molar refractivity (Wildman–Crippen MR) is 109 cm³/mol. The summed E-state index contributed by atoms with van der Waals surface area (Å²) in [5.41, 5.74) is 4.40. The first-order valence-corrected chi connectivity index (χ1v) is 9.16. The molecule has 0 saturated carbocycles. The molecule has 0 fully saturated rings. The Morgan fingerprint density at radius 2 is 1.83 bits per heavy atom. The second kappa shape index (κ2) is 8.52. The molecule has 1 amide bonds. The maximum atomic E-state index is 13.5. The van der Waals surface area contributed by atoms with Crippen molar-refractivity contribution in [2.75, 3.05) is 7.11 Å². The summed E-state index contributed by atoms with van der Waals surface area (Å²) in [6, 6.07) is 13.4. The second-order valence-electron chi connectivity index (χ2n) is 6.50. The lowest BCUT2D eigenvalue weighted by Gasteiger charge is -2.10. The van der Waals surface area contributed by atoms with E-state index in [-0.39, 0.29) is 5.56 Å². The molecule has 4 rings (SSSR count). The molecule has 150 valence electrons. The van der Waals surface area contributed by atoms with Crippen LogP contribution in [0.1, 0.15) is 15.9 Å². The molecule has 2 aromatic heterocycles. The largest absolute Gasteiger partial charge is 0.496 e. The average Bonchev–Trinajstić information content (AvgIpc) is 3.33. The zero-order chi connectivity index (χ0) is 20.9. The van der Waals surface area contributed by atoms with Crippen molar-refractivity contribution in [2.45, 2.75) is 6.54 Å². The minimum Gasteiger partial charge on any atom is -0.496 e. The maximum absolute atomic E-state index is 13.5. The van der Waals surface area contributed by atoms with Gasteiger partial charge in [-0.25, -0.2) is 14.4 Å². The minimum atomic E-state index is -0.495.